The van der Waals surface area contributed by atoms with Gasteiger partial charge in [-0.05, 0) is 6.07 Å². The molecule has 7 heteroatoms. The van der Waals surface area contributed by atoms with Gasteiger partial charge in [0, 0.05) is 32.7 Å². The Hall–Kier alpha value is -2.41. The summed E-state index contributed by atoms with van der Waals surface area (Å²) >= 11 is 0. The van der Waals surface area contributed by atoms with E-state index in [2.05, 4.69) is 21.0 Å². The molecule has 0 unspecified atom stereocenters. The summed E-state index contributed by atoms with van der Waals surface area (Å²) in [4.78, 5) is 20.7. The van der Waals surface area contributed by atoms with E-state index in [1.54, 1.807) is 32.4 Å². The molecule has 1 atom stereocenters. The number of amides is 1. The van der Waals surface area contributed by atoms with Crippen molar-refractivity contribution in [1.29, 1.82) is 0 Å². The summed E-state index contributed by atoms with van der Waals surface area (Å²) in [6, 6.07) is 7.97. The van der Waals surface area contributed by atoms with Gasteiger partial charge in [-0.1, -0.05) is 18.2 Å². The number of rotatable bonds is 4. The number of fused-ring (bicyclic) bond motifs is 1. The van der Waals surface area contributed by atoms with Crippen LogP contribution in [0.5, 0.6) is 5.75 Å². The lowest BCUT2D eigenvalue weighted by Gasteiger charge is -2.25. The zero-order valence-corrected chi connectivity index (χ0v) is 14.3. The second-order valence-electron chi connectivity index (χ2n) is 6.27. The lowest BCUT2D eigenvalue weighted by atomic mass is 10.1. The quantitative estimate of drug-likeness (QED) is 0.838. The molecular formula is C17H23N5O2. The van der Waals surface area contributed by atoms with E-state index in [1.807, 2.05) is 22.9 Å². The van der Waals surface area contributed by atoms with Crippen LogP contribution in [0, 0.1) is 5.92 Å². The van der Waals surface area contributed by atoms with Gasteiger partial charge in [0.15, 0.2) is 0 Å². The fourth-order valence-electron chi connectivity index (χ4n) is 3.12. The van der Waals surface area contributed by atoms with Gasteiger partial charge in [-0.15, -0.1) is 0 Å². The van der Waals surface area contributed by atoms with Gasteiger partial charge in [-0.2, -0.15) is 5.10 Å². The summed E-state index contributed by atoms with van der Waals surface area (Å²) in [5.41, 5.74) is 1.10. The molecule has 1 aliphatic rings. The second-order valence-corrected chi connectivity index (χ2v) is 6.27. The minimum Gasteiger partial charge on any atom is -0.496 e. The van der Waals surface area contributed by atoms with E-state index >= 15 is 0 Å². The monoisotopic (exact) mass is 329 g/mol. The number of ether oxygens (including phenoxy) is 1. The van der Waals surface area contributed by atoms with Crippen molar-refractivity contribution in [3.05, 3.63) is 42.0 Å². The Morgan fingerprint density at radius 1 is 1.33 bits per heavy atom. The van der Waals surface area contributed by atoms with Crippen molar-refractivity contribution in [2.24, 2.45) is 5.92 Å². The largest absolute Gasteiger partial charge is 0.496 e. The maximum Gasteiger partial charge on any atom is 0.228 e. The summed E-state index contributed by atoms with van der Waals surface area (Å²) in [6.45, 7) is 2.60. The van der Waals surface area contributed by atoms with Gasteiger partial charge in [0.2, 0.25) is 5.91 Å². The SMILES string of the molecule is COc1ccccc1CN1Cc2ncnn2C[C@H](C(=O)N(C)C)C1. The van der Waals surface area contributed by atoms with Gasteiger partial charge >= 0.3 is 0 Å². The standard InChI is InChI=1S/C17H23N5O2/c1-20(2)17(23)14-9-21(11-16-18-12-19-22(16)10-14)8-13-6-4-5-7-15(13)24-3/h4-7,12,14H,8-11H2,1-3H3/t14-/m1/s1. The Balaban J connectivity index is 1.85. The molecule has 1 aromatic carbocycles. The zero-order valence-electron chi connectivity index (χ0n) is 14.3. The number of nitrogens with zero attached hydrogens (tertiary/aromatic N) is 5. The van der Waals surface area contributed by atoms with Gasteiger partial charge in [-0.3, -0.25) is 9.69 Å². The number of carbonyl (C=O) groups is 1. The molecule has 128 valence electrons. The van der Waals surface area contributed by atoms with E-state index in [9.17, 15) is 4.79 Å². The minimum atomic E-state index is -0.141. The first-order chi connectivity index (χ1) is 11.6. The molecule has 3 rings (SSSR count). The highest BCUT2D eigenvalue weighted by Gasteiger charge is 2.29. The van der Waals surface area contributed by atoms with Gasteiger partial charge in [0.05, 0.1) is 26.1 Å². The number of aromatic nitrogens is 3. The minimum absolute atomic E-state index is 0.114. The van der Waals surface area contributed by atoms with Crippen molar-refractivity contribution < 1.29 is 9.53 Å². The number of carbonyl (C=O) groups excluding carboxylic acids is 1. The zero-order chi connectivity index (χ0) is 17.1. The lowest BCUT2D eigenvalue weighted by Crippen LogP contribution is -2.38. The van der Waals surface area contributed by atoms with E-state index in [1.165, 1.54) is 0 Å². The van der Waals surface area contributed by atoms with Crippen molar-refractivity contribution in [3.63, 3.8) is 0 Å². The highest BCUT2D eigenvalue weighted by Crippen LogP contribution is 2.23. The summed E-state index contributed by atoms with van der Waals surface area (Å²) in [6.07, 6.45) is 1.55. The number of hydrogen-bond donors (Lipinski definition) is 0. The van der Waals surface area contributed by atoms with E-state index in [4.69, 9.17) is 4.74 Å². The molecule has 1 amide bonds. The Labute approximate surface area is 141 Å². The van der Waals surface area contributed by atoms with Gasteiger partial charge in [0.1, 0.15) is 17.9 Å². The predicted octanol–water partition coefficient (Wildman–Crippen LogP) is 1.01. The summed E-state index contributed by atoms with van der Waals surface area (Å²) in [7, 11) is 5.26. The fraction of sp³-hybridized carbons (Fsp3) is 0.471. The first kappa shape index (κ1) is 16.4. The van der Waals surface area contributed by atoms with Crippen LogP contribution in [0.1, 0.15) is 11.4 Å². The maximum atomic E-state index is 12.5. The van der Waals surface area contributed by atoms with Crippen LogP contribution in [0.3, 0.4) is 0 Å². The molecule has 0 bridgehead atoms. The van der Waals surface area contributed by atoms with Gasteiger partial charge in [0.25, 0.3) is 0 Å². The third-order valence-corrected chi connectivity index (χ3v) is 4.31. The lowest BCUT2D eigenvalue weighted by molar-refractivity contribution is -0.134. The third kappa shape index (κ3) is 3.41. The molecule has 7 nitrogen and oxygen atoms in total. The number of methoxy groups -OCH3 is 1. The summed E-state index contributed by atoms with van der Waals surface area (Å²) < 4.78 is 7.29. The Morgan fingerprint density at radius 2 is 2.12 bits per heavy atom. The molecule has 0 aliphatic carbocycles. The van der Waals surface area contributed by atoms with Crippen LogP contribution in [0.2, 0.25) is 0 Å². The van der Waals surface area contributed by atoms with E-state index < -0.39 is 0 Å². The molecular weight excluding hydrogens is 306 g/mol. The number of para-hydroxylation sites is 1. The number of benzene rings is 1. The van der Waals surface area contributed by atoms with E-state index in [0.717, 1.165) is 17.1 Å². The first-order valence-corrected chi connectivity index (χ1v) is 8.00. The average Bonchev–Trinajstić information content (AvgIpc) is 2.93. The van der Waals surface area contributed by atoms with E-state index in [-0.39, 0.29) is 11.8 Å². The summed E-state index contributed by atoms with van der Waals surface area (Å²) in [5.74, 6) is 1.72. The Morgan fingerprint density at radius 3 is 2.88 bits per heavy atom. The normalized spacial score (nSPS) is 17.9. The third-order valence-electron chi connectivity index (χ3n) is 4.31. The average molecular weight is 329 g/mol. The van der Waals surface area contributed by atoms with Gasteiger partial charge in [-0.25, -0.2) is 9.67 Å². The summed E-state index contributed by atoms with van der Waals surface area (Å²) in [5, 5.41) is 4.27. The van der Waals surface area contributed by atoms with Crippen LogP contribution in [0.15, 0.2) is 30.6 Å². The van der Waals surface area contributed by atoms with Crippen LogP contribution in [-0.4, -0.2) is 58.2 Å². The molecule has 0 saturated heterocycles. The van der Waals surface area contributed by atoms with Crippen molar-refractivity contribution >= 4 is 5.91 Å². The Bertz CT molecular complexity index is 713. The highest BCUT2D eigenvalue weighted by atomic mass is 16.5. The topological polar surface area (TPSA) is 63.5 Å². The van der Waals surface area contributed by atoms with Crippen molar-refractivity contribution in [2.75, 3.05) is 27.7 Å². The van der Waals surface area contributed by atoms with E-state index in [0.29, 0.717) is 26.2 Å². The molecule has 0 saturated carbocycles. The highest BCUT2D eigenvalue weighted by molar-refractivity contribution is 5.78. The van der Waals surface area contributed by atoms with Crippen LogP contribution in [0.4, 0.5) is 0 Å². The van der Waals surface area contributed by atoms with Crippen molar-refractivity contribution in [2.45, 2.75) is 19.6 Å². The number of hydrogen-bond acceptors (Lipinski definition) is 5. The molecule has 0 spiro atoms. The molecule has 0 radical (unpaired) electrons. The molecule has 1 aromatic heterocycles. The molecule has 1 aliphatic heterocycles. The Kier molecular flexibility index (Phi) is 4.80. The molecule has 2 aromatic rings. The van der Waals surface area contributed by atoms with Crippen LogP contribution < -0.4 is 4.74 Å². The van der Waals surface area contributed by atoms with Crippen molar-refractivity contribution in [3.8, 4) is 5.75 Å². The van der Waals surface area contributed by atoms with Crippen LogP contribution in [-0.2, 0) is 24.4 Å². The van der Waals surface area contributed by atoms with Gasteiger partial charge < -0.3 is 9.64 Å². The van der Waals surface area contributed by atoms with Crippen LogP contribution in [0.25, 0.3) is 0 Å². The maximum absolute atomic E-state index is 12.5. The van der Waals surface area contributed by atoms with Crippen LogP contribution >= 0.6 is 0 Å². The first-order valence-electron chi connectivity index (χ1n) is 8.00. The predicted molar refractivity (Wildman–Crippen MR) is 89.3 cm³/mol. The molecule has 0 N–H and O–H groups in total. The fourth-order valence-corrected chi connectivity index (χ4v) is 3.12. The molecule has 24 heavy (non-hydrogen) atoms. The molecule has 0 fully saturated rings. The van der Waals surface area contributed by atoms with Crippen molar-refractivity contribution in [1.82, 2.24) is 24.6 Å². The second kappa shape index (κ2) is 7.00. The smallest absolute Gasteiger partial charge is 0.228 e. The molecule has 2 heterocycles.